The molecule has 158 valence electrons. The number of amides is 2. The number of aryl methyl sites for hydroxylation is 1. The molecular formula is C26H26N2O3. The lowest BCUT2D eigenvalue weighted by atomic mass is 9.99. The van der Waals surface area contributed by atoms with E-state index in [1.165, 1.54) is 5.56 Å². The first-order chi connectivity index (χ1) is 15.1. The Balaban J connectivity index is 1.40. The second kappa shape index (κ2) is 9.47. The first-order valence-corrected chi connectivity index (χ1v) is 10.5. The van der Waals surface area contributed by atoms with Gasteiger partial charge in [0.25, 0.3) is 11.8 Å². The Bertz CT molecular complexity index is 1070. The topological polar surface area (TPSA) is 58.6 Å². The highest BCUT2D eigenvalue weighted by molar-refractivity contribution is 6.04. The molecule has 0 radical (unpaired) electrons. The number of benzene rings is 3. The van der Waals surface area contributed by atoms with Crippen molar-refractivity contribution in [1.82, 2.24) is 4.90 Å². The molecule has 0 spiro atoms. The third-order valence-corrected chi connectivity index (χ3v) is 5.63. The lowest BCUT2D eigenvalue weighted by Crippen LogP contribution is -2.30. The van der Waals surface area contributed by atoms with Crippen molar-refractivity contribution in [3.8, 4) is 5.75 Å². The van der Waals surface area contributed by atoms with Crippen LogP contribution in [0.5, 0.6) is 5.75 Å². The maximum absolute atomic E-state index is 13.2. The Labute approximate surface area is 182 Å². The fourth-order valence-corrected chi connectivity index (χ4v) is 3.94. The number of rotatable bonds is 6. The number of ether oxygens (including phenoxy) is 1. The van der Waals surface area contributed by atoms with Crippen LogP contribution < -0.4 is 10.1 Å². The number of para-hydroxylation sites is 2. The third-order valence-electron chi connectivity index (χ3n) is 5.63. The number of nitrogens with zero attached hydrogens (tertiary/aromatic N) is 1. The molecule has 3 aromatic rings. The lowest BCUT2D eigenvalue weighted by Gasteiger charge is -2.19. The van der Waals surface area contributed by atoms with Crippen LogP contribution in [0.4, 0.5) is 5.69 Å². The van der Waals surface area contributed by atoms with Crippen LogP contribution in [0, 0.1) is 6.92 Å². The Hall–Kier alpha value is -3.60. The summed E-state index contributed by atoms with van der Waals surface area (Å²) in [5.74, 6) is 0.654. The standard InChI is InChI=1S/C26H26N2O3/c1-19-9-5-8-14-24(19)31-18-25(29)27-23-13-7-6-12-22(23)26(30)28-16-15-21(17-28)20-10-3-2-4-11-20/h2-14,21H,15-18H2,1H3,(H,27,29). The van der Waals surface area contributed by atoms with Crippen molar-refractivity contribution in [2.24, 2.45) is 0 Å². The molecule has 0 aliphatic carbocycles. The van der Waals surface area contributed by atoms with E-state index in [-0.39, 0.29) is 18.4 Å². The van der Waals surface area contributed by atoms with Crippen molar-refractivity contribution >= 4 is 17.5 Å². The van der Waals surface area contributed by atoms with E-state index in [2.05, 4.69) is 17.4 Å². The number of anilines is 1. The van der Waals surface area contributed by atoms with Gasteiger partial charge in [-0.3, -0.25) is 9.59 Å². The molecule has 0 aromatic heterocycles. The molecule has 5 heteroatoms. The molecule has 0 saturated carbocycles. The van der Waals surface area contributed by atoms with Gasteiger partial charge in [0.15, 0.2) is 6.61 Å². The number of carbonyl (C=O) groups is 2. The predicted molar refractivity (Wildman–Crippen MR) is 121 cm³/mol. The Morgan fingerprint density at radius 1 is 0.968 bits per heavy atom. The molecule has 31 heavy (non-hydrogen) atoms. The van der Waals surface area contributed by atoms with E-state index in [0.29, 0.717) is 36.0 Å². The van der Waals surface area contributed by atoms with Crippen LogP contribution in [-0.4, -0.2) is 36.4 Å². The van der Waals surface area contributed by atoms with Gasteiger partial charge < -0.3 is 15.0 Å². The number of hydrogen-bond acceptors (Lipinski definition) is 3. The summed E-state index contributed by atoms with van der Waals surface area (Å²) in [6.45, 7) is 3.20. The highest BCUT2D eigenvalue weighted by atomic mass is 16.5. The molecule has 1 unspecified atom stereocenters. The second-order valence-electron chi connectivity index (χ2n) is 7.80. The normalized spacial score (nSPS) is 15.5. The van der Waals surface area contributed by atoms with Crippen molar-refractivity contribution in [2.45, 2.75) is 19.3 Å². The molecule has 2 amide bonds. The van der Waals surface area contributed by atoms with Crippen molar-refractivity contribution in [3.05, 3.63) is 95.6 Å². The van der Waals surface area contributed by atoms with Gasteiger partial charge in [0.1, 0.15) is 5.75 Å². The van der Waals surface area contributed by atoms with Gasteiger partial charge in [-0.05, 0) is 42.7 Å². The second-order valence-corrected chi connectivity index (χ2v) is 7.80. The molecule has 1 saturated heterocycles. The maximum Gasteiger partial charge on any atom is 0.262 e. The Kier molecular flexibility index (Phi) is 6.32. The minimum absolute atomic E-state index is 0.0610. The molecule has 5 nitrogen and oxygen atoms in total. The molecule has 1 aliphatic rings. The van der Waals surface area contributed by atoms with Gasteiger partial charge >= 0.3 is 0 Å². The molecule has 1 fully saturated rings. The van der Waals surface area contributed by atoms with E-state index in [4.69, 9.17) is 4.74 Å². The average molecular weight is 415 g/mol. The summed E-state index contributed by atoms with van der Waals surface area (Å²) in [4.78, 5) is 27.5. The molecule has 1 N–H and O–H groups in total. The van der Waals surface area contributed by atoms with Gasteiger partial charge in [0.2, 0.25) is 0 Å². The van der Waals surface area contributed by atoms with Crippen molar-refractivity contribution in [3.63, 3.8) is 0 Å². The van der Waals surface area contributed by atoms with Gasteiger partial charge in [-0.1, -0.05) is 60.7 Å². The molecular weight excluding hydrogens is 388 g/mol. The van der Waals surface area contributed by atoms with Crippen LogP contribution in [0.1, 0.15) is 33.8 Å². The van der Waals surface area contributed by atoms with Crippen LogP contribution in [0.2, 0.25) is 0 Å². The molecule has 1 atom stereocenters. The number of carbonyl (C=O) groups excluding carboxylic acids is 2. The Morgan fingerprint density at radius 3 is 2.48 bits per heavy atom. The molecule has 3 aromatic carbocycles. The zero-order valence-corrected chi connectivity index (χ0v) is 17.6. The predicted octanol–water partition coefficient (Wildman–Crippen LogP) is 4.64. The number of hydrogen-bond donors (Lipinski definition) is 1. The molecule has 1 heterocycles. The first kappa shape index (κ1) is 20.7. The van der Waals surface area contributed by atoms with E-state index in [0.717, 1.165) is 12.0 Å². The summed E-state index contributed by atoms with van der Waals surface area (Å²) >= 11 is 0. The van der Waals surface area contributed by atoms with E-state index >= 15 is 0 Å². The van der Waals surface area contributed by atoms with Crippen LogP contribution in [-0.2, 0) is 4.79 Å². The van der Waals surface area contributed by atoms with Crippen LogP contribution in [0.3, 0.4) is 0 Å². The van der Waals surface area contributed by atoms with Crippen LogP contribution in [0.15, 0.2) is 78.9 Å². The summed E-state index contributed by atoms with van der Waals surface area (Å²) in [5, 5.41) is 2.84. The SMILES string of the molecule is Cc1ccccc1OCC(=O)Nc1ccccc1C(=O)N1CCC(c2ccccc2)C1. The van der Waals surface area contributed by atoms with Gasteiger partial charge in [-0.25, -0.2) is 0 Å². The highest BCUT2D eigenvalue weighted by Crippen LogP contribution is 2.29. The zero-order chi connectivity index (χ0) is 21.6. The van der Waals surface area contributed by atoms with Gasteiger partial charge in [0, 0.05) is 19.0 Å². The minimum atomic E-state index is -0.299. The fraction of sp³-hybridized carbons (Fsp3) is 0.231. The molecule has 4 rings (SSSR count). The summed E-state index contributed by atoms with van der Waals surface area (Å²) in [6.07, 6.45) is 0.939. The van der Waals surface area contributed by atoms with E-state index in [9.17, 15) is 9.59 Å². The van der Waals surface area contributed by atoms with E-state index in [1.54, 1.807) is 12.1 Å². The Morgan fingerprint density at radius 2 is 1.68 bits per heavy atom. The summed E-state index contributed by atoms with van der Waals surface area (Å²) in [7, 11) is 0. The largest absolute Gasteiger partial charge is 0.483 e. The first-order valence-electron chi connectivity index (χ1n) is 10.5. The fourth-order valence-electron chi connectivity index (χ4n) is 3.94. The van der Waals surface area contributed by atoms with Crippen LogP contribution >= 0.6 is 0 Å². The van der Waals surface area contributed by atoms with Crippen molar-refractivity contribution < 1.29 is 14.3 Å². The summed E-state index contributed by atoms with van der Waals surface area (Å²) in [5.41, 5.74) is 3.23. The van der Waals surface area contributed by atoms with Crippen LogP contribution in [0.25, 0.3) is 0 Å². The third kappa shape index (κ3) is 4.94. The van der Waals surface area contributed by atoms with Crippen molar-refractivity contribution in [1.29, 1.82) is 0 Å². The lowest BCUT2D eigenvalue weighted by molar-refractivity contribution is -0.118. The van der Waals surface area contributed by atoms with E-state index < -0.39 is 0 Å². The monoisotopic (exact) mass is 414 g/mol. The van der Waals surface area contributed by atoms with E-state index in [1.807, 2.05) is 66.4 Å². The maximum atomic E-state index is 13.2. The smallest absolute Gasteiger partial charge is 0.262 e. The van der Waals surface area contributed by atoms with Gasteiger partial charge in [-0.15, -0.1) is 0 Å². The molecule has 1 aliphatic heterocycles. The minimum Gasteiger partial charge on any atom is -0.483 e. The average Bonchev–Trinajstić information content (AvgIpc) is 3.29. The van der Waals surface area contributed by atoms with Gasteiger partial charge in [0.05, 0.1) is 11.3 Å². The van der Waals surface area contributed by atoms with Crippen molar-refractivity contribution in [2.75, 3.05) is 25.0 Å². The highest BCUT2D eigenvalue weighted by Gasteiger charge is 2.29. The molecule has 0 bridgehead atoms. The quantitative estimate of drug-likeness (QED) is 0.639. The number of nitrogens with one attached hydrogen (secondary N) is 1. The van der Waals surface area contributed by atoms with Gasteiger partial charge in [-0.2, -0.15) is 0 Å². The zero-order valence-electron chi connectivity index (χ0n) is 17.6. The summed E-state index contributed by atoms with van der Waals surface area (Å²) in [6, 6.07) is 25.0. The number of likely N-dealkylation sites (tertiary alicyclic amines) is 1. The summed E-state index contributed by atoms with van der Waals surface area (Å²) < 4.78 is 5.63.